The molecule has 0 bridgehead atoms. The number of ether oxygens (including phenoxy) is 2. The second kappa shape index (κ2) is 10.8. The fourth-order valence-corrected chi connectivity index (χ4v) is 3.28. The number of methoxy groups -OCH3 is 1. The molecule has 0 aliphatic carbocycles. The smallest absolute Gasteiger partial charge is 0.326 e. The van der Waals surface area contributed by atoms with E-state index < -0.39 is 17.9 Å². The van der Waals surface area contributed by atoms with E-state index in [0.29, 0.717) is 28.1 Å². The van der Waals surface area contributed by atoms with Crippen molar-refractivity contribution in [2.45, 2.75) is 33.4 Å². The minimum atomic E-state index is -1.06. The van der Waals surface area contributed by atoms with Gasteiger partial charge in [0.25, 0.3) is 0 Å². The summed E-state index contributed by atoms with van der Waals surface area (Å²) in [5.74, 6) is -0.691. The van der Waals surface area contributed by atoms with Crippen LogP contribution in [0.3, 0.4) is 0 Å². The topological polar surface area (TPSA) is 84.9 Å². The predicted octanol–water partition coefficient (Wildman–Crippen LogP) is 4.58. The van der Waals surface area contributed by atoms with Gasteiger partial charge in [0.2, 0.25) is 5.91 Å². The predicted molar refractivity (Wildman–Crippen MR) is 120 cm³/mol. The van der Waals surface area contributed by atoms with Crippen LogP contribution in [0.1, 0.15) is 30.5 Å². The molecule has 6 nitrogen and oxygen atoms in total. The zero-order valence-electron chi connectivity index (χ0n) is 17.4. The Labute approximate surface area is 185 Å². The number of rotatable bonds is 9. The van der Waals surface area contributed by atoms with Crippen LogP contribution in [0.5, 0.6) is 11.5 Å². The molecule has 0 spiro atoms. The number of aliphatic carboxylic acids is 1. The Morgan fingerprint density at radius 1 is 1.20 bits per heavy atom. The van der Waals surface area contributed by atoms with Crippen LogP contribution in [-0.4, -0.2) is 30.1 Å². The van der Waals surface area contributed by atoms with Gasteiger partial charge in [0.05, 0.1) is 11.6 Å². The van der Waals surface area contributed by atoms with Crippen LogP contribution in [0.15, 0.2) is 46.9 Å². The third-order valence-corrected chi connectivity index (χ3v) is 5.00. The number of carbonyl (C=O) groups excluding carboxylic acids is 1. The number of halogens is 1. The van der Waals surface area contributed by atoms with E-state index in [1.54, 1.807) is 39.2 Å². The number of carbonyl (C=O) groups is 2. The SMILES string of the molecule is COc1cc(/C=C/C(=O)N[C@H](C(=O)O)C(C)C)cc(Br)c1OCc1ccc(C)cc1. The van der Waals surface area contributed by atoms with Gasteiger partial charge in [0, 0.05) is 6.08 Å². The van der Waals surface area contributed by atoms with E-state index in [2.05, 4.69) is 21.2 Å². The summed E-state index contributed by atoms with van der Waals surface area (Å²) in [5, 5.41) is 11.7. The van der Waals surface area contributed by atoms with Crippen molar-refractivity contribution in [2.75, 3.05) is 7.11 Å². The molecular weight excluding hydrogens is 450 g/mol. The van der Waals surface area contributed by atoms with Crippen molar-refractivity contribution in [3.8, 4) is 11.5 Å². The number of nitrogens with one attached hydrogen (secondary N) is 1. The molecule has 1 atom stereocenters. The molecule has 0 unspecified atom stereocenters. The third-order valence-electron chi connectivity index (χ3n) is 4.41. The van der Waals surface area contributed by atoms with Gasteiger partial charge in [0.1, 0.15) is 12.6 Å². The van der Waals surface area contributed by atoms with Crippen molar-refractivity contribution in [3.63, 3.8) is 0 Å². The van der Waals surface area contributed by atoms with Crippen molar-refractivity contribution in [2.24, 2.45) is 5.92 Å². The summed E-state index contributed by atoms with van der Waals surface area (Å²) < 4.78 is 12.1. The van der Waals surface area contributed by atoms with Crippen molar-refractivity contribution in [1.29, 1.82) is 0 Å². The van der Waals surface area contributed by atoms with Gasteiger partial charge in [-0.05, 0) is 58.1 Å². The average molecular weight is 476 g/mol. The zero-order chi connectivity index (χ0) is 22.3. The van der Waals surface area contributed by atoms with Crippen molar-refractivity contribution >= 4 is 33.9 Å². The Kier molecular flexibility index (Phi) is 8.47. The molecule has 0 fully saturated rings. The van der Waals surface area contributed by atoms with E-state index in [9.17, 15) is 14.7 Å². The van der Waals surface area contributed by atoms with Gasteiger partial charge in [-0.1, -0.05) is 43.7 Å². The Bertz CT molecular complexity index is 922. The van der Waals surface area contributed by atoms with Gasteiger partial charge < -0.3 is 19.9 Å². The summed E-state index contributed by atoms with van der Waals surface area (Å²) in [7, 11) is 1.54. The maximum Gasteiger partial charge on any atom is 0.326 e. The molecule has 0 saturated carbocycles. The van der Waals surface area contributed by atoms with Gasteiger partial charge >= 0.3 is 5.97 Å². The summed E-state index contributed by atoms with van der Waals surface area (Å²) >= 11 is 3.49. The van der Waals surface area contributed by atoms with E-state index in [1.807, 2.05) is 31.2 Å². The number of carboxylic acid groups (broad SMARTS) is 1. The molecule has 7 heteroatoms. The lowest BCUT2D eigenvalue weighted by atomic mass is 10.0. The van der Waals surface area contributed by atoms with E-state index in [1.165, 1.54) is 11.6 Å². The second-order valence-electron chi connectivity index (χ2n) is 7.21. The molecule has 0 aliphatic heterocycles. The lowest BCUT2D eigenvalue weighted by Gasteiger charge is -2.16. The molecule has 2 aromatic carbocycles. The normalized spacial score (nSPS) is 12.1. The van der Waals surface area contributed by atoms with Crippen LogP contribution >= 0.6 is 15.9 Å². The van der Waals surface area contributed by atoms with Crippen LogP contribution in [0.4, 0.5) is 0 Å². The first-order chi connectivity index (χ1) is 14.2. The molecular formula is C23H26BrNO5. The molecule has 2 rings (SSSR count). The van der Waals surface area contributed by atoms with Gasteiger partial charge in [-0.3, -0.25) is 4.79 Å². The first-order valence-electron chi connectivity index (χ1n) is 9.48. The summed E-state index contributed by atoms with van der Waals surface area (Å²) in [6.45, 7) is 5.89. The highest BCUT2D eigenvalue weighted by molar-refractivity contribution is 9.10. The minimum Gasteiger partial charge on any atom is -0.493 e. The van der Waals surface area contributed by atoms with Gasteiger partial charge in [-0.25, -0.2) is 4.79 Å². The summed E-state index contributed by atoms with van der Waals surface area (Å²) in [4.78, 5) is 23.3. The molecule has 0 heterocycles. The molecule has 30 heavy (non-hydrogen) atoms. The van der Waals surface area contributed by atoms with E-state index in [0.717, 1.165) is 5.56 Å². The Hall–Kier alpha value is -2.80. The minimum absolute atomic E-state index is 0.223. The average Bonchev–Trinajstić information content (AvgIpc) is 2.70. The van der Waals surface area contributed by atoms with Crippen molar-refractivity contribution < 1.29 is 24.2 Å². The maximum atomic E-state index is 12.1. The zero-order valence-corrected chi connectivity index (χ0v) is 19.0. The van der Waals surface area contributed by atoms with Crippen molar-refractivity contribution in [1.82, 2.24) is 5.32 Å². The Balaban J connectivity index is 2.12. The van der Waals surface area contributed by atoms with Crippen LogP contribution < -0.4 is 14.8 Å². The number of benzene rings is 2. The molecule has 0 aliphatic rings. The summed E-state index contributed by atoms with van der Waals surface area (Å²) in [5.41, 5.74) is 2.92. The molecule has 160 valence electrons. The quantitative estimate of drug-likeness (QED) is 0.518. The highest BCUT2D eigenvalue weighted by atomic mass is 79.9. The lowest BCUT2D eigenvalue weighted by Crippen LogP contribution is -2.43. The van der Waals surface area contributed by atoms with Gasteiger partial charge in [0.15, 0.2) is 11.5 Å². The van der Waals surface area contributed by atoms with E-state index in [-0.39, 0.29) is 5.92 Å². The standard InChI is InChI=1S/C23H26BrNO5/c1-14(2)21(23(27)28)25-20(26)10-9-17-11-18(24)22(19(12-17)29-4)30-13-16-7-5-15(3)6-8-16/h5-12,14,21H,13H2,1-4H3,(H,25,26)(H,27,28)/b10-9+/t21-/m0/s1. The monoisotopic (exact) mass is 475 g/mol. The number of hydrogen-bond donors (Lipinski definition) is 2. The first kappa shape index (κ1) is 23.5. The fraction of sp³-hybridized carbons (Fsp3) is 0.304. The number of hydrogen-bond acceptors (Lipinski definition) is 4. The third kappa shape index (κ3) is 6.62. The Morgan fingerprint density at radius 2 is 1.87 bits per heavy atom. The molecule has 0 radical (unpaired) electrons. The van der Waals surface area contributed by atoms with Crippen LogP contribution in [-0.2, 0) is 16.2 Å². The van der Waals surface area contributed by atoms with E-state index in [4.69, 9.17) is 9.47 Å². The maximum absolute atomic E-state index is 12.1. The van der Waals surface area contributed by atoms with Gasteiger partial charge in [-0.2, -0.15) is 0 Å². The molecule has 1 amide bonds. The van der Waals surface area contributed by atoms with Gasteiger partial charge in [-0.15, -0.1) is 0 Å². The Morgan fingerprint density at radius 3 is 2.43 bits per heavy atom. The molecule has 0 aromatic heterocycles. The second-order valence-corrected chi connectivity index (χ2v) is 8.06. The van der Waals surface area contributed by atoms with Crippen LogP contribution in [0, 0.1) is 12.8 Å². The summed E-state index contributed by atoms with van der Waals surface area (Å²) in [6.07, 6.45) is 2.89. The molecule has 2 aromatic rings. The summed E-state index contributed by atoms with van der Waals surface area (Å²) in [6, 6.07) is 10.7. The first-order valence-corrected chi connectivity index (χ1v) is 10.3. The highest BCUT2D eigenvalue weighted by Crippen LogP contribution is 2.37. The van der Waals surface area contributed by atoms with Crippen LogP contribution in [0.2, 0.25) is 0 Å². The fourth-order valence-electron chi connectivity index (χ4n) is 2.70. The lowest BCUT2D eigenvalue weighted by molar-refractivity contribution is -0.142. The number of amides is 1. The number of carboxylic acids is 1. The number of aryl methyl sites for hydroxylation is 1. The highest BCUT2D eigenvalue weighted by Gasteiger charge is 2.22. The van der Waals surface area contributed by atoms with Crippen LogP contribution in [0.25, 0.3) is 6.08 Å². The van der Waals surface area contributed by atoms with E-state index >= 15 is 0 Å². The van der Waals surface area contributed by atoms with Crippen molar-refractivity contribution in [3.05, 3.63) is 63.6 Å². The molecule has 2 N–H and O–H groups in total. The molecule has 0 saturated heterocycles. The largest absolute Gasteiger partial charge is 0.493 e.